The van der Waals surface area contributed by atoms with Crippen LogP contribution in [-0.4, -0.2) is 47.1 Å². The van der Waals surface area contributed by atoms with Crippen LogP contribution in [0, 0.1) is 16.7 Å². The van der Waals surface area contributed by atoms with Crippen molar-refractivity contribution >= 4 is 0 Å². The Balaban J connectivity index is 2.13. The minimum atomic E-state index is 0.271. The first-order chi connectivity index (χ1) is 8.77. The van der Waals surface area contributed by atoms with Gasteiger partial charge >= 0.3 is 0 Å². The van der Waals surface area contributed by atoms with Crippen molar-refractivity contribution in [2.75, 3.05) is 26.2 Å². The second-order valence-corrected chi connectivity index (χ2v) is 10.1. The molecule has 0 bridgehead atoms. The molecule has 0 aliphatic carbocycles. The highest BCUT2D eigenvalue weighted by Gasteiger charge is 2.54. The molecule has 20 heavy (non-hydrogen) atoms. The van der Waals surface area contributed by atoms with Crippen LogP contribution in [-0.2, 0) is 0 Å². The Morgan fingerprint density at radius 3 is 1.65 bits per heavy atom. The predicted octanol–water partition coefficient (Wildman–Crippen LogP) is 3.86. The van der Waals surface area contributed by atoms with Crippen LogP contribution in [0.2, 0.25) is 0 Å². The molecule has 0 aromatic carbocycles. The van der Waals surface area contributed by atoms with Crippen molar-refractivity contribution in [3.05, 3.63) is 0 Å². The van der Waals surface area contributed by atoms with Crippen molar-refractivity contribution in [1.82, 2.24) is 9.80 Å². The summed E-state index contributed by atoms with van der Waals surface area (Å²) in [6.45, 7) is 26.6. The number of likely N-dealkylation sites (tertiary alicyclic amines) is 2. The fourth-order valence-electron chi connectivity index (χ4n) is 3.75. The highest BCUT2D eigenvalue weighted by Crippen LogP contribution is 2.48. The van der Waals surface area contributed by atoms with Crippen LogP contribution < -0.4 is 0 Å². The third-order valence-corrected chi connectivity index (χ3v) is 6.55. The molecule has 2 heteroatoms. The molecule has 2 heterocycles. The van der Waals surface area contributed by atoms with Crippen LogP contribution in [0.4, 0.5) is 0 Å². The van der Waals surface area contributed by atoms with Crippen molar-refractivity contribution in [1.29, 1.82) is 0 Å². The minimum Gasteiger partial charge on any atom is -0.298 e. The van der Waals surface area contributed by atoms with Crippen LogP contribution in [0.1, 0.15) is 62.3 Å². The van der Waals surface area contributed by atoms with E-state index in [0.717, 1.165) is 5.92 Å². The Hall–Kier alpha value is -0.0800. The van der Waals surface area contributed by atoms with Gasteiger partial charge in [-0.3, -0.25) is 9.80 Å². The normalized spacial score (nSPS) is 33.8. The fourth-order valence-corrected chi connectivity index (χ4v) is 3.75. The lowest BCUT2D eigenvalue weighted by atomic mass is 9.75. The van der Waals surface area contributed by atoms with Gasteiger partial charge < -0.3 is 0 Å². The molecule has 0 aromatic rings. The third-order valence-electron chi connectivity index (χ3n) is 6.55. The number of hydrogen-bond donors (Lipinski definition) is 0. The van der Waals surface area contributed by atoms with Crippen molar-refractivity contribution in [2.24, 2.45) is 16.7 Å². The summed E-state index contributed by atoms with van der Waals surface area (Å²) in [6.07, 6.45) is 0. The largest absolute Gasteiger partial charge is 0.298 e. The van der Waals surface area contributed by atoms with E-state index in [1.165, 1.54) is 26.2 Å². The molecule has 2 atom stereocenters. The second-order valence-electron chi connectivity index (χ2n) is 10.1. The smallest absolute Gasteiger partial charge is 0.0201 e. The van der Waals surface area contributed by atoms with Crippen LogP contribution in [0.25, 0.3) is 0 Å². The summed E-state index contributed by atoms with van der Waals surface area (Å²) in [4.78, 5) is 5.46. The van der Waals surface area contributed by atoms with Crippen molar-refractivity contribution < 1.29 is 0 Å². The molecule has 0 saturated carbocycles. The molecule has 0 spiro atoms. The van der Waals surface area contributed by atoms with Crippen molar-refractivity contribution in [3.8, 4) is 0 Å². The minimum absolute atomic E-state index is 0.271. The molecule has 0 aromatic heterocycles. The molecule has 2 saturated heterocycles. The lowest BCUT2D eigenvalue weighted by Crippen LogP contribution is -2.53. The Bertz CT molecular complexity index is 372. The Labute approximate surface area is 126 Å². The van der Waals surface area contributed by atoms with E-state index >= 15 is 0 Å². The first kappa shape index (κ1) is 16.3. The maximum absolute atomic E-state index is 2.76. The zero-order valence-electron chi connectivity index (χ0n) is 15.3. The van der Waals surface area contributed by atoms with Gasteiger partial charge in [-0.05, 0) is 51.4 Å². The molecule has 0 unspecified atom stereocenters. The summed E-state index contributed by atoms with van der Waals surface area (Å²) in [5.74, 6) is 0.836. The summed E-state index contributed by atoms with van der Waals surface area (Å²) in [5.41, 5.74) is 1.39. The van der Waals surface area contributed by atoms with Crippen molar-refractivity contribution in [3.63, 3.8) is 0 Å². The average molecular weight is 280 g/mol. The number of rotatable bonds is 1. The van der Waals surface area contributed by atoms with Gasteiger partial charge in [-0.25, -0.2) is 0 Å². The van der Waals surface area contributed by atoms with E-state index in [1.54, 1.807) is 0 Å². The van der Waals surface area contributed by atoms with E-state index in [-0.39, 0.29) is 5.54 Å². The van der Waals surface area contributed by atoms with Gasteiger partial charge in [-0.15, -0.1) is 0 Å². The molecule has 0 N–H and O–H groups in total. The Morgan fingerprint density at radius 1 is 0.800 bits per heavy atom. The monoisotopic (exact) mass is 280 g/mol. The van der Waals surface area contributed by atoms with E-state index < -0.39 is 0 Å². The topological polar surface area (TPSA) is 6.48 Å². The van der Waals surface area contributed by atoms with Crippen LogP contribution >= 0.6 is 0 Å². The molecular weight excluding hydrogens is 244 g/mol. The van der Waals surface area contributed by atoms with Crippen molar-refractivity contribution in [2.45, 2.75) is 73.4 Å². The average Bonchev–Trinajstić information content (AvgIpc) is 2.66. The first-order valence-electron chi connectivity index (χ1n) is 8.27. The fraction of sp³-hybridized carbons (Fsp3) is 1.00. The molecule has 2 aliphatic rings. The highest BCUT2D eigenvalue weighted by atomic mass is 15.3. The molecule has 0 radical (unpaired) electrons. The van der Waals surface area contributed by atoms with E-state index in [2.05, 4.69) is 72.1 Å². The van der Waals surface area contributed by atoms with Crippen LogP contribution in [0.15, 0.2) is 0 Å². The Morgan fingerprint density at radius 2 is 1.25 bits per heavy atom. The summed E-state index contributed by atoms with van der Waals surface area (Å²) >= 11 is 0. The lowest BCUT2D eigenvalue weighted by molar-refractivity contribution is 0.0227. The maximum Gasteiger partial charge on any atom is 0.0201 e. The molecule has 2 rings (SSSR count). The third kappa shape index (κ3) is 2.54. The molecule has 118 valence electrons. The predicted molar refractivity (Wildman–Crippen MR) is 88.0 cm³/mol. The van der Waals surface area contributed by atoms with Gasteiger partial charge in [0.2, 0.25) is 0 Å². The molecule has 0 amide bonds. The van der Waals surface area contributed by atoms with Gasteiger partial charge in [0.1, 0.15) is 0 Å². The van der Waals surface area contributed by atoms with Gasteiger partial charge in [0.05, 0.1) is 0 Å². The first-order valence-corrected chi connectivity index (χ1v) is 8.27. The summed E-state index contributed by atoms with van der Waals surface area (Å²) in [6, 6.07) is 0. The molecule has 2 nitrogen and oxygen atoms in total. The quantitative estimate of drug-likeness (QED) is 0.719. The summed E-state index contributed by atoms with van der Waals surface area (Å²) in [7, 11) is 0. The van der Waals surface area contributed by atoms with E-state index in [0.29, 0.717) is 16.4 Å². The molecule has 2 fully saturated rings. The second kappa shape index (κ2) is 4.46. The van der Waals surface area contributed by atoms with E-state index in [4.69, 9.17) is 0 Å². The van der Waals surface area contributed by atoms with E-state index in [9.17, 15) is 0 Å². The standard InChI is InChI=1S/C18H36N2/c1-15(2,3)17(7,8)20-11-14-10-19(16(4,5)6)12-18(14,9)13-20/h14H,10-13H2,1-9H3/t14-,18+/m0/s1. The van der Waals surface area contributed by atoms with Gasteiger partial charge in [0.15, 0.2) is 0 Å². The SMILES string of the molecule is CC(C)(C)N1C[C@H]2CN(C(C)(C)C(C)(C)C)C[C@@]2(C)C1. The highest BCUT2D eigenvalue weighted by molar-refractivity contribution is 5.08. The number of fused-ring (bicyclic) bond motifs is 1. The molecular formula is C18H36N2. The maximum atomic E-state index is 2.76. The zero-order chi connectivity index (χ0) is 15.6. The zero-order valence-corrected chi connectivity index (χ0v) is 15.3. The lowest BCUT2D eigenvalue weighted by Gasteiger charge is -2.47. The number of hydrogen-bond acceptors (Lipinski definition) is 2. The summed E-state index contributed by atoms with van der Waals surface area (Å²) < 4.78 is 0. The van der Waals surface area contributed by atoms with Gasteiger partial charge in [-0.1, -0.05) is 27.7 Å². The van der Waals surface area contributed by atoms with Crippen LogP contribution in [0.5, 0.6) is 0 Å². The Kier molecular flexibility index (Phi) is 3.63. The van der Waals surface area contributed by atoms with E-state index in [1.807, 2.05) is 0 Å². The van der Waals surface area contributed by atoms with Gasteiger partial charge in [-0.2, -0.15) is 0 Å². The van der Waals surface area contributed by atoms with Crippen LogP contribution in [0.3, 0.4) is 0 Å². The molecule has 2 aliphatic heterocycles. The van der Waals surface area contributed by atoms with Gasteiger partial charge in [0.25, 0.3) is 0 Å². The number of nitrogens with zero attached hydrogens (tertiary/aromatic N) is 2. The van der Waals surface area contributed by atoms with Gasteiger partial charge in [0, 0.05) is 37.3 Å². The summed E-state index contributed by atoms with van der Waals surface area (Å²) in [5, 5.41) is 0.